The molecule has 0 spiro atoms. The van der Waals surface area contributed by atoms with E-state index in [1.807, 2.05) is 4.90 Å². The SMILES string of the molecule is O=C(NCCC1=CCCCC1)c1cccc(C(=O)N2CCCCC2)c1. The number of hydrogen-bond acceptors (Lipinski definition) is 2. The fourth-order valence-electron chi connectivity index (χ4n) is 3.64. The first-order valence-electron chi connectivity index (χ1n) is 9.59. The highest BCUT2D eigenvalue weighted by Crippen LogP contribution is 2.19. The number of amides is 2. The van der Waals surface area contributed by atoms with Crippen molar-refractivity contribution in [2.45, 2.75) is 51.4 Å². The van der Waals surface area contributed by atoms with E-state index in [4.69, 9.17) is 0 Å². The number of hydrogen-bond donors (Lipinski definition) is 1. The van der Waals surface area contributed by atoms with Crippen molar-refractivity contribution < 1.29 is 9.59 Å². The van der Waals surface area contributed by atoms with Crippen LogP contribution in [0.5, 0.6) is 0 Å². The van der Waals surface area contributed by atoms with Gasteiger partial charge in [-0.1, -0.05) is 17.7 Å². The number of allylic oxidation sites excluding steroid dienone is 1. The van der Waals surface area contributed by atoms with Crippen LogP contribution in [0.4, 0.5) is 0 Å². The molecule has 0 unspecified atom stereocenters. The second-order valence-electron chi connectivity index (χ2n) is 7.05. The lowest BCUT2D eigenvalue weighted by atomic mass is 9.97. The Morgan fingerprint density at radius 3 is 2.56 bits per heavy atom. The van der Waals surface area contributed by atoms with Gasteiger partial charge in [0.25, 0.3) is 11.8 Å². The second kappa shape index (κ2) is 8.84. The van der Waals surface area contributed by atoms with Crippen molar-refractivity contribution in [2.24, 2.45) is 0 Å². The molecule has 2 aliphatic rings. The molecular weight excluding hydrogens is 312 g/mol. The molecule has 0 aromatic heterocycles. The van der Waals surface area contributed by atoms with Crippen LogP contribution in [0.3, 0.4) is 0 Å². The first-order chi connectivity index (χ1) is 12.2. The van der Waals surface area contributed by atoms with E-state index in [1.165, 1.54) is 31.3 Å². The highest BCUT2D eigenvalue weighted by molar-refractivity contribution is 5.99. The van der Waals surface area contributed by atoms with E-state index in [2.05, 4.69) is 11.4 Å². The molecule has 0 saturated carbocycles. The fraction of sp³-hybridized carbons (Fsp3) is 0.524. The third-order valence-corrected chi connectivity index (χ3v) is 5.13. The smallest absolute Gasteiger partial charge is 0.253 e. The molecule has 1 fully saturated rings. The molecule has 0 bridgehead atoms. The second-order valence-corrected chi connectivity index (χ2v) is 7.05. The molecule has 4 nitrogen and oxygen atoms in total. The predicted molar refractivity (Wildman–Crippen MR) is 99.7 cm³/mol. The standard InChI is InChI=1S/C21H28N2O2/c24-20(22-13-12-17-8-3-1-4-9-17)18-10-7-11-19(16-18)21(25)23-14-5-2-6-15-23/h7-8,10-11,16H,1-6,9,12-15H2,(H,22,24). The number of carbonyl (C=O) groups is 2. The minimum absolute atomic E-state index is 0.0433. The number of likely N-dealkylation sites (tertiary alicyclic amines) is 1. The van der Waals surface area contributed by atoms with Crippen LogP contribution in [0.15, 0.2) is 35.9 Å². The summed E-state index contributed by atoms with van der Waals surface area (Å²) in [6.45, 7) is 2.31. The Balaban J connectivity index is 1.55. The molecule has 1 aromatic carbocycles. The molecule has 1 heterocycles. The maximum atomic E-state index is 12.6. The van der Waals surface area contributed by atoms with Crippen LogP contribution in [0, 0.1) is 0 Å². The van der Waals surface area contributed by atoms with Crippen LogP contribution in [0.1, 0.15) is 72.1 Å². The summed E-state index contributed by atoms with van der Waals surface area (Å²) in [6, 6.07) is 7.12. The number of nitrogens with one attached hydrogen (secondary N) is 1. The lowest BCUT2D eigenvalue weighted by Gasteiger charge is -2.26. The Kier molecular flexibility index (Phi) is 6.26. The van der Waals surface area contributed by atoms with Gasteiger partial charge in [-0.15, -0.1) is 0 Å². The van der Waals surface area contributed by atoms with E-state index in [9.17, 15) is 9.59 Å². The minimum Gasteiger partial charge on any atom is -0.352 e. The Labute approximate surface area is 150 Å². The van der Waals surface area contributed by atoms with Crippen molar-refractivity contribution in [2.75, 3.05) is 19.6 Å². The maximum Gasteiger partial charge on any atom is 0.253 e. The van der Waals surface area contributed by atoms with Gasteiger partial charge < -0.3 is 10.2 Å². The molecule has 4 heteroatoms. The van der Waals surface area contributed by atoms with Gasteiger partial charge in [-0.05, 0) is 69.6 Å². The molecule has 1 saturated heterocycles. The molecule has 2 amide bonds. The Bertz CT molecular complexity index is 645. The summed E-state index contributed by atoms with van der Waals surface area (Å²) in [7, 11) is 0. The average molecular weight is 340 g/mol. The summed E-state index contributed by atoms with van der Waals surface area (Å²) in [5, 5.41) is 2.99. The quantitative estimate of drug-likeness (QED) is 0.826. The highest BCUT2D eigenvalue weighted by Gasteiger charge is 2.19. The van der Waals surface area contributed by atoms with Gasteiger partial charge in [0.05, 0.1) is 0 Å². The van der Waals surface area contributed by atoms with Gasteiger partial charge in [-0.25, -0.2) is 0 Å². The van der Waals surface area contributed by atoms with Gasteiger partial charge in [0.15, 0.2) is 0 Å². The van der Waals surface area contributed by atoms with Crippen molar-refractivity contribution in [3.05, 3.63) is 47.0 Å². The van der Waals surface area contributed by atoms with Crippen LogP contribution in [-0.2, 0) is 0 Å². The number of benzene rings is 1. The largest absolute Gasteiger partial charge is 0.352 e. The molecule has 1 aliphatic carbocycles. The first kappa shape index (κ1) is 17.7. The Morgan fingerprint density at radius 2 is 1.80 bits per heavy atom. The zero-order valence-electron chi connectivity index (χ0n) is 14.9. The van der Waals surface area contributed by atoms with E-state index < -0.39 is 0 Å². The van der Waals surface area contributed by atoms with Gasteiger partial charge in [-0.3, -0.25) is 9.59 Å². The molecule has 1 aliphatic heterocycles. The van der Waals surface area contributed by atoms with Crippen molar-refractivity contribution >= 4 is 11.8 Å². The van der Waals surface area contributed by atoms with Crippen molar-refractivity contribution in [1.82, 2.24) is 10.2 Å². The molecule has 0 atom stereocenters. The summed E-state index contributed by atoms with van der Waals surface area (Å²) in [5.74, 6) is -0.0496. The maximum absolute atomic E-state index is 12.6. The highest BCUT2D eigenvalue weighted by atomic mass is 16.2. The van der Waals surface area contributed by atoms with E-state index in [1.54, 1.807) is 24.3 Å². The third-order valence-electron chi connectivity index (χ3n) is 5.13. The lowest BCUT2D eigenvalue weighted by molar-refractivity contribution is 0.0724. The van der Waals surface area contributed by atoms with Crippen molar-refractivity contribution in [3.8, 4) is 0 Å². The molecule has 25 heavy (non-hydrogen) atoms. The number of rotatable bonds is 5. The van der Waals surface area contributed by atoms with Gasteiger partial charge in [0, 0.05) is 30.8 Å². The van der Waals surface area contributed by atoms with Crippen molar-refractivity contribution in [1.29, 1.82) is 0 Å². The number of carbonyl (C=O) groups excluding carboxylic acids is 2. The van der Waals surface area contributed by atoms with E-state index in [0.29, 0.717) is 17.7 Å². The summed E-state index contributed by atoms with van der Waals surface area (Å²) < 4.78 is 0. The first-order valence-corrected chi connectivity index (χ1v) is 9.59. The third kappa shape index (κ3) is 4.94. The lowest BCUT2D eigenvalue weighted by Crippen LogP contribution is -2.35. The van der Waals surface area contributed by atoms with Gasteiger partial charge in [-0.2, -0.15) is 0 Å². The zero-order chi connectivity index (χ0) is 17.5. The summed E-state index contributed by atoms with van der Waals surface area (Å²) in [5.41, 5.74) is 2.64. The van der Waals surface area contributed by atoms with E-state index in [0.717, 1.165) is 38.8 Å². The molecule has 1 N–H and O–H groups in total. The van der Waals surface area contributed by atoms with Crippen LogP contribution in [0.25, 0.3) is 0 Å². The van der Waals surface area contributed by atoms with Gasteiger partial charge in [0.1, 0.15) is 0 Å². The molecular formula is C21H28N2O2. The molecule has 134 valence electrons. The normalized spacial score (nSPS) is 17.8. The average Bonchev–Trinajstić information content (AvgIpc) is 2.69. The molecule has 0 radical (unpaired) electrons. The number of piperidine rings is 1. The summed E-state index contributed by atoms with van der Waals surface area (Å²) in [4.78, 5) is 26.9. The van der Waals surface area contributed by atoms with E-state index >= 15 is 0 Å². The van der Waals surface area contributed by atoms with Crippen LogP contribution in [-0.4, -0.2) is 36.3 Å². The van der Waals surface area contributed by atoms with Crippen molar-refractivity contribution in [3.63, 3.8) is 0 Å². The fourth-order valence-corrected chi connectivity index (χ4v) is 3.64. The minimum atomic E-state index is -0.0929. The van der Waals surface area contributed by atoms with Crippen LogP contribution < -0.4 is 5.32 Å². The van der Waals surface area contributed by atoms with Gasteiger partial charge in [0.2, 0.25) is 0 Å². The number of nitrogens with zero attached hydrogens (tertiary/aromatic N) is 1. The molecule has 1 aromatic rings. The summed E-state index contributed by atoms with van der Waals surface area (Å²) in [6.07, 6.45) is 11.5. The predicted octanol–water partition coefficient (Wildman–Crippen LogP) is 3.93. The van der Waals surface area contributed by atoms with E-state index in [-0.39, 0.29) is 11.8 Å². The Morgan fingerprint density at radius 1 is 1.00 bits per heavy atom. The summed E-state index contributed by atoms with van der Waals surface area (Å²) >= 11 is 0. The Hall–Kier alpha value is -2.10. The molecule has 3 rings (SSSR count). The monoisotopic (exact) mass is 340 g/mol. The van der Waals surface area contributed by atoms with Crippen LogP contribution >= 0.6 is 0 Å². The zero-order valence-corrected chi connectivity index (χ0v) is 14.9. The topological polar surface area (TPSA) is 49.4 Å². The van der Waals surface area contributed by atoms with Crippen LogP contribution in [0.2, 0.25) is 0 Å². The van der Waals surface area contributed by atoms with Gasteiger partial charge >= 0.3 is 0 Å².